The largest absolute Gasteiger partial charge is 0.480 e. The number of carboxylic acid groups (broad SMARTS) is 1. The summed E-state index contributed by atoms with van der Waals surface area (Å²) in [4.78, 5) is 29.2. The number of aromatic nitrogens is 3. The van der Waals surface area contributed by atoms with E-state index in [0.717, 1.165) is 0 Å². The van der Waals surface area contributed by atoms with Crippen molar-refractivity contribution in [2.45, 2.75) is 12.5 Å². The van der Waals surface area contributed by atoms with Gasteiger partial charge in [-0.3, -0.25) is 4.79 Å². The van der Waals surface area contributed by atoms with Crippen LogP contribution in [0.1, 0.15) is 16.2 Å². The van der Waals surface area contributed by atoms with Gasteiger partial charge in [-0.2, -0.15) is 0 Å². The molecule has 8 nitrogen and oxygen atoms in total. The molecule has 0 aliphatic rings. The fraction of sp³-hybridized carbons (Fsp3) is 0.200. The van der Waals surface area contributed by atoms with Crippen molar-refractivity contribution in [1.82, 2.24) is 20.4 Å². The Hall–Kier alpha value is -2.64. The molecular weight excluding hydrogens is 240 g/mol. The molecule has 0 saturated carbocycles. The zero-order valence-corrected chi connectivity index (χ0v) is 9.16. The van der Waals surface area contributed by atoms with E-state index in [1.54, 1.807) is 0 Å². The molecule has 1 amide bonds. The number of aliphatic carboxylic acids is 1. The fourth-order valence-corrected chi connectivity index (χ4v) is 1.38. The first-order valence-electron chi connectivity index (χ1n) is 5.08. The van der Waals surface area contributed by atoms with Crippen LogP contribution in [0.25, 0.3) is 0 Å². The molecule has 0 fully saturated rings. The summed E-state index contributed by atoms with van der Waals surface area (Å²) < 4.78 is 4.51. The highest BCUT2D eigenvalue weighted by atomic mass is 16.5. The van der Waals surface area contributed by atoms with Crippen LogP contribution >= 0.6 is 0 Å². The maximum absolute atomic E-state index is 11.6. The molecule has 0 spiro atoms. The Labute approximate surface area is 101 Å². The van der Waals surface area contributed by atoms with Gasteiger partial charge in [-0.05, 0) is 0 Å². The molecule has 2 aromatic heterocycles. The van der Waals surface area contributed by atoms with Gasteiger partial charge in [0.2, 0.25) is 0 Å². The first-order chi connectivity index (χ1) is 8.66. The van der Waals surface area contributed by atoms with E-state index in [4.69, 9.17) is 5.11 Å². The molecule has 1 atom stereocenters. The van der Waals surface area contributed by atoms with Gasteiger partial charge in [-0.15, -0.1) is 0 Å². The average molecular weight is 250 g/mol. The van der Waals surface area contributed by atoms with Gasteiger partial charge < -0.3 is 19.9 Å². The molecule has 2 heterocycles. The molecule has 0 bridgehead atoms. The molecule has 94 valence electrons. The lowest BCUT2D eigenvalue weighted by Gasteiger charge is -2.12. The average Bonchev–Trinajstić information content (AvgIpc) is 3.00. The number of H-pyrrole nitrogens is 1. The molecule has 0 unspecified atom stereocenters. The number of carbonyl (C=O) groups excluding carboxylic acids is 1. The van der Waals surface area contributed by atoms with Gasteiger partial charge in [-0.25, -0.2) is 9.78 Å². The third-order valence-corrected chi connectivity index (χ3v) is 2.25. The summed E-state index contributed by atoms with van der Waals surface area (Å²) in [5.41, 5.74) is 0.647. The highest BCUT2D eigenvalue weighted by Gasteiger charge is 2.22. The Kier molecular flexibility index (Phi) is 3.37. The van der Waals surface area contributed by atoms with Crippen LogP contribution in [0.15, 0.2) is 29.4 Å². The van der Waals surface area contributed by atoms with Crippen LogP contribution in [0, 0.1) is 0 Å². The van der Waals surface area contributed by atoms with Crippen LogP contribution in [0.5, 0.6) is 0 Å². The summed E-state index contributed by atoms with van der Waals surface area (Å²) in [5.74, 6) is -1.74. The molecule has 0 aliphatic heterocycles. The van der Waals surface area contributed by atoms with E-state index in [-0.39, 0.29) is 12.1 Å². The number of imidazole rings is 1. The minimum Gasteiger partial charge on any atom is -0.480 e. The Morgan fingerprint density at radius 1 is 1.56 bits per heavy atom. The molecule has 18 heavy (non-hydrogen) atoms. The maximum atomic E-state index is 11.6. The first kappa shape index (κ1) is 11.8. The minimum atomic E-state index is -1.14. The van der Waals surface area contributed by atoms with Gasteiger partial charge in [0.15, 0.2) is 5.69 Å². The first-order valence-corrected chi connectivity index (χ1v) is 5.08. The van der Waals surface area contributed by atoms with Gasteiger partial charge in [0.05, 0.1) is 6.33 Å². The second-order valence-corrected chi connectivity index (χ2v) is 3.53. The zero-order valence-electron chi connectivity index (χ0n) is 9.16. The van der Waals surface area contributed by atoms with Crippen molar-refractivity contribution in [2.75, 3.05) is 0 Å². The normalized spacial score (nSPS) is 12.0. The molecule has 0 aromatic carbocycles. The predicted molar refractivity (Wildman–Crippen MR) is 57.7 cm³/mol. The van der Waals surface area contributed by atoms with Gasteiger partial charge >= 0.3 is 5.97 Å². The summed E-state index contributed by atoms with van der Waals surface area (Å²) in [7, 11) is 0. The summed E-state index contributed by atoms with van der Waals surface area (Å²) in [6.45, 7) is 0. The second-order valence-electron chi connectivity index (χ2n) is 3.53. The summed E-state index contributed by atoms with van der Waals surface area (Å²) >= 11 is 0. The lowest BCUT2D eigenvalue weighted by molar-refractivity contribution is -0.139. The fourth-order valence-electron chi connectivity index (χ4n) is 1.38. The Balaban J connectivity index is 2.03. The molecule has 0 saturated heterocycles. The monoisotopic (exact) mass is 250 g/mol. The van der Waals surface area contributed by atoms with Gasteiger partial charge in [0.25, 0.3) is 5.91 Å². The van der Waals surface area contributed by atoms with Crippen LogP contribution in [0.3, 0.4) is 0 Å². The number of carbonyl (C=O) groups is 2. The lowest BCUT2D eigenvalue weighted by Crippen LogP contribution is -2.42. The van der Waals surface area contributed by atoms with E-state index in [2.05, 4.69) is 25.0 Å². The van der Waals surface area contributed by atoms with E-state index < -0.39 is 17.9 Å². The van der Waals surface area contributed by atoms with Crippen molar-refractivity contribution < 1.29 is 19.2 Å². The number of hydrogen-bond donors (Lipinski definition) is 3. The van der Waals surface area contributed by atoms with Gasteiger partial charge in [0, 0.05) is 24.4 Å². The summed E-state index contributed by atoms with van der Waals surface area (Å²) in [6, 6.07) is 0.291. The molecule has 0 aliphatic carbocycles. The van der Waals surface area contributed by atoms with Crippen molar-refractivity contribution >= 4 is 11.9 Å². The van der Waals surface area contributed by atoms with Crippen molar-refractivity contribution in [2.24, 2.45) is 0 Å². The van der Waals surface area contributed by atoms with E-state index in [1.807, 2.05) is 0 Å². The van der Waals surface area contributed by atoms with E-state index in [0.29, 0.717) is 5.69 Å². The smallest absolute Gasteiger partial charge is 0.326 e. The standard InChI is InChI=1S/C10H10N4O4/c15-9(7-1-2-18-14-7)13-8(10(16)17)3-6-4-11-5-12-6/h1-2,4-5,8H,3H2,(H,11,12)(H,13,15)(H,16,17)/t8-/m1/s1. The highest BCUT2D eigenvalue weighted by Crippen LogP contribution is 2.01. The van der Waals surface area contributed by atoms with Gasteiger partial charge in [0.1, 0.15) is 12.3 Å². The quantitative estimate of drug-likeness (QED) is 0.677. The van der Waals surface area contributed by atoms with Crippen molar-refractivity contribution in [3.05, 3.63) is 36.2 Å². The minimum absolute atomic E-state index is 0.0332. The number of nitrogens with one attached hydrogen (secondary N) is 2. The molecule has 8 heteroatoms. The summed E-state index contributed by atoms with van der Waals surface area (Å²) in [5, 5.41) is 14.8. The molecule has 2 aromatic rings. The highest BCUT2D eigenvalue weighted by molar-refractivity contribution is 5.94. The zero-order chi connectivity index (χ0) is 13.0. The van der Waals surface area contributed by atoms with Crippen LogP contribution < -0.4 is 5.32 Å². The third-order valence-electron chi connectivity index (χ3n) is 2.25. The molecule has 3 N–H and O–H groups in total. The maximum Gasteiger partial charge on any atom is 0.326 e. The predicted octanol–water partition coefficient (Wildman–Crippen LogP) is -0.177. The van der Waals surface area contributed by atoms with E-state index in [1.165, 1.54) is 24.9 Å². The van der Waals surface area contributed by atoms with Crippen LogP contribution in [0.2, 0.25) is 0 Å². The number of rotatable bonds is 5. The number of amides is 1. The number of aromatic amines is 1. The van der Waals surface area contributed by atoms with Crippen molar-refractivity contribution in [1.29, 1.82) is 0 Å². The van der Waals surface area contributed by atoms with Crippen molar-refractivity contribution in [3.63, 3.8) is 0 Å². The Morgan fingerprint density at radius 3 is 2.94 bits per heavy atom. The van der Waals surface area contributed by atoms with Crippen LogP contribution in [-0.4, -0.2) is 38.1 Å². The second kappa shape index (κ2) is 5.13. The molecular formula is C10H10N4O4. The molecule has 2 rings (SSSR count). The number of hydrogen-bond acceptors (Lipinski definition) is 5. The summed E-state index contributed by atoms with van der Waals surface area (Å²) in [6.07, 6.45) is 4.28. The van der Waals surface area contributed by atoms with Gasteiger partial charge in [-0.1, -0.05) is 5.16 Å². The molecule has 0 radical (unpaired) electrons. The van der Waals surface area contributed by atoms with E-state index in [9.17, 15) is 9.59 Å². The van der Waals surface area contributed by atoms with Crippen molar-refractivity contribution in [3.8, 4) is 0 Å². The van der Waals surface area contributed by atoms with Crippen LogP contribution in [0.4, 0.5) is 0 Å². The van der Waals surface area contributed by atoms with Crippen LogP contribution in [-0.2, 0) is 11.2 Å². The Morgan fingerprint density at radius 2 is 2.39 bits per heavy atom. The lowest BCUT2D eigenvalue weighted by atomic mass is 10.1. The SMILES string of the molecule is O=C(N[C@H](Cc1cnc[nH]1)C(=O)O)c1ccon1. The van der Waals surface area contributed by atoms with E-state index >= 15 is 0 Å². The number of nitrogens with zero attached hydrogens (tertiary/aromatic N) is 2. The Bertz CT molecular complexity index is 520. The number of carboxylic acids is 1. The topological polar surface area (TPSA) is 121 Å². The third kappa shape index (κ3) is 2.73.